The van der Waals surface area contributed by atoms with Gasteiger partial charge in [0.25, 0.3) is 5.91 Å². The first-order chi connectivity index (χ1) is 18.1. The van der Waals surface area contributed by atoms with Crippen LogP contribution in [-0.4, -0.2) is 30.3 Å². The van der Waals surface area contributed by atoms with E-state index in [1.54, 1.807) is 43.5 Å². The molecule has 8 nitrogen and oxygen atoms in total. The van der Waals surface area contributed by atoms with Gasteiger partial charge in [-0.3, -0.25) is 4.79 Å². The Labute approximate surface area is 219 Å². The maximum absolute atomic E-state index is 13.7. The van der Waals surface area contributed by atoms with Gasteiger partial charge in [0.2, 0.25) is 0 Å². The van der Waals surface area contributed by atoms with E-state index in [4.69, 9.17) is 16.3 Å². The highest BCUT2D eigenvalue weighted by atomic mass is 35.5. The monoisotopic (exact) mass is 540 g/mol. The summed E-state index contributed by atoms with van der Waals surface area (Å²) in [6.07, 6.45) is -3.17. The quantitative estimate of drug-likeness (QED) is 0.284. The van der Waals surface area contributed by atoms with E-state index < -0.39 is 22.8 Å². The van der Waals surface area contributed by atoms with Gasteiger partial charge >= 0.3 is 6.18 Å². The number of benzene rings is 2. The van der Waals surface area contributed by atoms with Crippen LogP contribution in [0.3, 0.4) is 0 Å². The van der Waals surface area contributed by atoms with Crippen molar-refractivity contribution in [3.05, 3.63) is 100 Å². The van der Waals surface area contributed by atoms with E-state index >= 15 is 0 Å². The molecule has 0 fully saturated rings. The average molecular weight is 541 g/mol. The summed E-state index contributed by atoms with van der Waals surface area (Å²) in [6.45, 7) is 3.38. The van der Waals surface area contributed by atoms with Crippen LogP contribution >= 0.6 is 11.6 Å². The molecular formula is C26H20ClF3N6O2. The molecule has 0 aliphatic carbocycles. The number of pyridine rings is 1. The smallest absolute Gasteiger partial charge is 0.436 e. The summed E-state index contributed by atoms with van der Waals surface area (Å²) in [6, 6.07) is 16.5. The maximum atomic E-state index is 13.7. The molecule has 3 aromatic heterocycles. The second-order valence-electron chi connectivity index (χ2n) is 8.50. The van der Waals surface area contributed by atoms with E-state index in [-0.39, 0.29) is 23.6 Å². The van der Waals surface area contributed by atoms with Crippen molar-refractivity contribution in [3.8, 4) is 11.4 Å². The average Bonchev–Trinajstić information content (AvgIpc) is 3.42. The Morgan fingerprint density at radius 3 is 2.55 bits per heavy atom. The van der Waals surface area contributed by atoms with Crippen LogP contribution in [0.1, 0.15) is 33.1 Å². The van der Waals surface area contributed by atoms with Crippen molar-refractivity contribution in [2.75, 3.05) is 5.32 Å². The van der Waals surface area contributed by atoms with Crippen LogP contribution in [0.2, 0.25) is 5.02 Å². The van der Waals surface area contributed by atoms with E-state index in [0.29, 0.717) is 22.9 Å². The lowest BCUT2D eigenvalue weighted by molar-refractivity contribution is -0.141. The predicted octanol–water partition coefficient (Wildman–Crippen LogP) is 6.04. The molecule has 194 valence electrons. The molecule has 0 aliphatic rings. The zero-order chi connectivity index (χ0) is 27.0. The first kappa shape index (κ1) is 25.3. The summed E-state index contributed by atoms with van der Waals surface area (Å²) in [5, 5.41) is 10.1. The number of aromatic nitrogens is 5. The summed E-state index contributed by atoms with van der Waals surface area (Å²) < 4.78 is 49.2. The van der Waals surface area contributed by atoms with Crippen LogP contribution < -0.4 is 10.1 Å². The Morgan fingerprint density at radius 2 is 1.82 bits per heavy atom. The fourth-order valence-corrected chi connectivity index (χ4v) is 4.07. The minimum atomic E-state index is -4.78. The molecule has 5 aromatic rings. The van der Waals surface area contributed by atoms with Crippen LogP contribution in [0, 0.1) is 13.8 Å². The van der Waals surface area contributed by atoms with Gasteiger partial charge in [0.05, 0.1) is 22.6 Å². The van der Waals surface area contributed by atoms with Gasteiger partial charge in [-0.05, 0) is 56.3 Å². The topological polar surface area (TPSA) is 86.3 Å². The SMILES string of the molecule is Cc1ccc(OCc2c(Cl)c(C(F)(F)F)nn2-c2cccc(C(=O)Nc3ccc4nc(C)nn4c3)c2)cc1. The third kappa shape index (κ3) is 5.18. The summed E-state index contributed by atoms with van der Waals surface area (Å²) in [4.78, 5) is 17.2. The highest BCUT2D eigenvalue weighted by Crippen LogP contribution is 2.37. The largest absolute Gasteiger partial charge is 0.487 e. The third-order valence-corrected chi connectivity index (χ3v) is 6.03. The van der Waals surface area contributed by atoms with E-state index in [1.165, 1.54) is 22.7 Å². The zero-order valence-electron chi connectivity index (χ0n) is 20.1. The number of ether oxygens (including phenoxy) is 1. The van der Waals surface area contributed by atoms with E-state index in [1.807, 2.05) is 19.1 Å². The fourth-order valence-electron chi connectivity index (χ4n) is 3.79. The maximum Gasteiger partial charge on any atom is 0.436 e. The Bertz CT molecular complexity index is 1640. The summed E-state index contributed by atoms with van der Waals surface area (Å²) >= 11 is 6.14. The second kappa shape index (κ2) is 9.82. The molecule has 0 spiro atoms. The van der Waals surface area contributed by atoms with Crippen molar-refractivity contribution in [2.45, 2.75) is 26.6 Å². The molecule has 1 amide bonds. The Kier molecular flexibility index (Phi) is 6.53. The Balaban J connectivity index is 1.45. The van der Waals surface area contributed by atoms with Gasteiger partial charge in [0.1, 0.15) is 23.9 Å². The number of hydrogen-bond acceptors (Lipinski definition) is 5. The molecule has 2 aromatic carbocycles. The molecular weight excluding hydrogens is 521 g/mol. The number of halogens is 4. The molecule has 0 radical (unpaired) electrons. The van der Waals surface area contributed by atoms with E-state index in [2.05, 4.69) is 20.5 Å². The Morgan fingerprint density at radius 1 is 1.05 bits per heavy atom. The third-order valence-electron chi connectivity index (χ3n) is 5.63. The molecule has 1 N–H and O–H groups in total. The van der Waals surface area contributed by atoms with Crippen LogP contribution in [0.25, 0.3) is 11.3 Å². The van der Waals surface area contributed by atoms with E-state index in [0.717, 1.165) is 10.2 Å². The zero-order valence-corrected chi connectivity index (χ0v) is 20.9. The minimum Gasteiger partial charge on any atom is -0.487 e. The van der Waals surface area contributed by atoms with Crippen LogP contribution in [0.15, 0.2) is 66.9 Å². The molecule has 0 bridgehead atoms. The van der Waals surface area contributed by atoms with Gasteiger partial charge in [-0.15, -0.1) is 0 Å². The number of nitrogens with zero attached hydrogens (tertiary/aromatic N) is 5. The highest BCUT2D eigenvalue weighted by Gasteiger charge is 2.39. The van der Waals surface area contributed by atoms with Gasteiger partial charge in [0, 0.05) is 5.56 Å². The number of fused-ring (bicyclic) bond motifs is 1. The van der Waals surface area contributed by atoms with Crippen molar-refractivity contribution in [3.63, 3.8) is 0 Å². The van der Waals surface area contributed by atoms with Gasteiger partial charge in [-0.25, -0.2) is 14.2 Å². The van der Waals surface area contributed by atoms with Crippen molar-refractivity contribution in [1.29, 1.82) is 0 Å². The summed E-state index contributed by atoms with van der Waals surface area (Å²) in [7, 11) is 0. The second-order valence-corrected chi connectivity index (χ2v) is 8.88. The van der Waals surface area contributed by atoms with Crippen LogP contribution in [0.4, 0.5) is 18.9 Å². The first-order valence-corrected chi connectivity index (χ1v) is 11.7. The van der Waals surface area contributed by atoms with Crippen LogP contribution in [0.5, 0.6) is 5.75 Å². The number of carbonyl (C=O) groups excluding carboxylic acids is 1. The van der Waals surface area contributed by atoms with Crippen molar-refractivity contribution in [2.24, 2.45) is 0 Å². The normalized spacial score (nSPS) is 11.6. The molecule has 5 rings (SSSR count). The molecule has 0 atom stereocenters. The molecule has 3 heterocycles. The van der Waals surface area contributed by atoms with Crippen molar-refractivity contribution >= 4 is 28.8 Å². The lowest BCUT2D eigenvalue weighted by Crippen LogP contribution is -2.14. The highest BCUT2D eigenvalue weighted by molar-refractivity contribution is 6.32. The number of amides is 1. The fraction of sp³-hybridized carbons (Fsp3) is 0.154. The summed E-state index contributed by atoms with van der Waals surface area (Å²) in [5.74, 6) is 0.565. The van der Waals surface area contributed by atoms with Gasteiger partial charge in [-0.1, -0.05) is 35.4 Å². The van der Waals surface area contributed by atoms with Crippen molar-refractivity contribution < 1.29 is 22.7 Å². The number of hydrogen-bond donors (Lipinski definition) is 1. The number of anilines is 1. The predicted molar refractivity (Wildman–Crippen MR) is 135 cm³/mol. The number of rotatable bonds is 6. The Hall–Kier alpha value is -4.38. The van der Waals surface area contributed by atoms with Crippen molar-refractivity contribution in [1.82, 2.24) is 24.4 Å². The molecule has 38 heavy (non-hydrogen) atoms. The molecule has 0 saturated carbocycles. The molecule has 12 heteroatoms. The number of carbonyl (C=O) groups is 1. The number of alkyl halides is 3. The molecule has 0 aliphatic heterocycles. The number of aryl methyl sites for hydroxylation is 2. The first-order valence-electron chi connectivity index (χ1n) is 11.4. The van der Waals surface area contributed by atoms with Gasteiger partial charge in [-0.2, -0.15) is 23.4 Å². The standard InChI is InChI=1S/C26H20ClF3N6O2/c1-15-6-9-20(10-7-15)38-14-21-23(27)24(26(28,29)30)34-36(21)19-5-3-4-17(12-19)25(37)32-18-8-11-22-31-16(2)33-35(22)13-18/h3-13H,14H2,1-2H3,(H,32,37). The molecule has 0 unspecified atom stereocenters. The lowest BCUT2D eigenvalue weighted by atomic mass is 10.2. The lowest BCUT2D eigenvalue weighted by Gasteiger charge is -2.11. The van der Waals surface area contributed by atoms with E-state index in [9.17, 15) is 18.0 Å². The van der Waals surface area contributed by atoms with Gasteiger partial charge in [0.15, 0.2) is 11.3 Å². The minimum absolute atomic E-state index is 0.0101. The summed E-state index contributed by atoms with van der Waals surface area (Å²) in [5.41, 5.74) is 1.25. The molecule has 0 saturated heterocycles. The van der Waals surface area contributed by atoms with Crippen LogP contribution in [-0.2, 0) is 12.8 Å². The number of nitrogens with one attached hydrogen (secondary N) is 1. The van der Waals surface area contributed by atoms with Gasteiger partial charge < -0.3 is 10.1 Å².